The highest BCUT2D eigenvalue weighted by Crippen LogP contribution is 2.27. The van der Waals surface area contributed by atoms with E-state index >= 15 is 0 Å². The van der Waals surface area contributed by atoms with Crippen LogP contribution in [-0.4, -0.2) is 41.0 Å². The zero-order valence-corrected chi connectivity index (χ0v) is 24.8. The van der Waals surface area contributed by atoms with Gasteiger partial charge in [-0.15, -0.1) is 0 Å². The molecular formula is C33H43N3O4. The second-order valence-electron chi connectivity index (χ2n) is 11.7. The van der Waals surface area contributed by atoms with Gasteiger partial charge in [0, 0.05) is 12.2 Å². The van der Waals surface area contributed by atoms with Gasteiger partial charge in [-0.2, -0.15) is 0 Å². The molecular weight excluding hydrogens is 502 g/mol. The molecule has 0 bridgehead atoms. The largest absolute Gasteiger partial charge is 0.444 e. The molecule has 0 saturated heterocycles. The van der Waals surface area contributed by atoms with Gasteiger partial charge in [0.2, 0.25) is 5.91 Å². The summed E-state index contributed by atoms with van der Waals surface area (Å²) >= 11 is 0. The van der Waals surface area contributed by atoms with Crippen molar-refractivity contribution in [2.75, 3.05) is 11.9 Å². The van der Waals surface area contributed by atoms with E-state index in [1.54, 1.807) is 25.7 Å². The fourth-order valence-electron chi connectivity index (χ4n) is 4.65. The van der Waals surface area contributed by atoms with Gasteiger partial charge in [-0.3, -0.25) is 9.59 Å². The summed E-state index contributed by atoms with van der Waals surface area (Å²) in [5.74, 6) is -0.515. The molecule has 3 aromatic carbocycles. The van der Waals surface area contributed by atoms with Crippen LogP contribution in [0.5, 0.6) is 0 Å². The van der Waals surface area contributed by atoms with Crippen molar-refractivity contribution in [1.29, 1.82) is 0 Å². The number of alkyl carbamates (subject to hydrolysis) is 1. The molecule has 0 spiro atoms. The summed E-state index contributed by atoms with van der Waals surface area (Å²) in [6.45, 7) is 13.6. The van der Waals surface area contributed by atoms with Crippen molar-refractivity contribution >= 4 is 34.4 Å². The van der Waals surface area contributed by atoms with E-state index in [1.807, 2.05) is 94.4 Å². The number of rotatable bonds is 10. The number of carbonyl (C=O) groups excluding carboxylic acids is 3. The van der Waals surface area contributed by atoms with Gasteiger partial charge in [-0.05, 0) is 74.9 Å². The molecule has 3 rings (SSSR count). The van der Waals surface area contributed by atoms with E-state index in [-0.39, 0.29) is 17.7 Å². The lowest BCUT2D eigenvalue weighted by molar-refractivity contribution is -0.141. The molecule has 3 amide bonds. The standard InChI is InChI=1S/C33H43N3O4/c1-8-19-36(31(38)28(20-22(2)3)35-32(39)40-33(5,6)7)29(25-15-13-23(4)14-16-25)30(37)34-27-18-17-24-11-9-10-12-26(24)21-27/h9-18,21-22,28-29H,8,19-20H2,1-7H3,(H,34,37)(H,35,39). The van der Waals surface area contributed by atoms with E-state index in [2.05, 4.69) is 10.6 Å². The monoisotopic (exact) mass is 545 g/mol. The average Bonchev–Trinajstić information content (AvgIpc) is 2.87. The summed E-state index contributed by atoms with van der Waals surface area (Å²) in [5.41, 5.74) is 1.69. The van der Waals surface area contributed by atoms with Crippen LogP contribution < -0.4 is 10.6 Å². The number of nitrogens with one attached hydrogen (secondary N) is 2. The highest BCUT2D eigenvalue weighted by Gasteiger charge is 2.36. The molecule has 0 aromatic heterocycles. The number of hydrogen-bond acceptors (Lipinski definition) is 4. The Balaban J connectivity index is 1.99. The van der Waals surface area contributed by atoms with Crippen LogP contribution in [0.4, 0.5) is 10.5 Å². The number of benzene rings is 3. The van der Waals surface area contributed by atoms with Gasteiger partial charge in [0.1, 0.15) is 17.7 Å². The first-order valence-electron chi connectivity index (χ1n) is 14.0. The molecule has 3 aromatic rings. The van der Waals surface area contributed by atoms with Gasteiger partial charge in [0.25, 0.3) is 5.91 Å². The molecule has 2 unspecified atom stereocenters. The number of amides is 3. The molecule has 2 atom stereocenters. The molecule has 214 valence electrons. The Hall–Kier alpha value is -3.87. The fourth-order valence-corrected chi connectivity index (χ4v) is 4.65. The molecule has 2 N–H and O–H groups in total. The smallest absolute Gasteiger partial charge is 0.408 e. The number of fused-ring (bicyclic) bond motifs is 1. The van der Waals surface area contributed by atoms with Crippen LogP contribution in [0.2, 0.25) is 0 Å². The quantitative estimate of drug-likeness (QED) is 0.287. The van der Waals surface area contributed by atoms with Gasteiger partial charge in [-0.1, -0.05) is 80.9 Å². The molecule has 7 nitrogen and oxygen atoms in total. The summed E-state index contributed by atoms with van der Waals surface area (Å²) in [6.07, 6.45) is 0.388. The maximum Gasteiger partial charge on any atom is 0.408 e. The minimum absolute atomic E-state index is 0.122. The van der Waals surface area contributed by atoms with Crippen LogP contribution in [-0.2, 0) is 14.3 Å². The highest BCUT2D eigenvalue weighted by atomic mass is 16.6. The summed E-state index contributed by atoms with van der Waals surface area (Å²) in [4.78, 5) is 42.5. The van der Waals surface area contributed by atoms with Gasteiger partial charge in [-0.25, -0.2) is 4.79 Å². The van der Waals surface area contributed by atoms with Gasteiger partial charge in [0.15, 0.2) is 0 Å². The van der Waals surface area contributed by atoms with Gasteiger partial charge >= 0.3 is 6.09 Å². The van der Waals surface area contributed by atoms with Crippen molar-refractivity contribution in [3.8, 4) is 0 Å². The van der Waals surface area contributed by atoms with Gasteiger partial charge < -0.3 is 20.3 Å². The molecule has 7 heteroatoms. The third-order valence-corrected chi connectivity index (χ3v) is 6.41. The first-order chi connectivity index (χ1) is 18.9. The Kier molecular flexibility index (Phi) is 10.3. The third kappa shape index (κ3) is 8.57. The van der Waals surface area contributed by atoms with Crippen molar-refractivity contribution in [2.45, 2.75) is 79.0 Å². The number of carbonyl (C=O) groups is 3. The van der Waals surface area contributed by atoms with E-state index in [0.717, 1.165) is 16.3 Å². The van der Waals surface area contributed by atoms with E-state index in [0.29, 0.717) is 30.6 Å². The van der Waals surface area contributed by atoms with Crippen LogP contribution in [0.25, 0.3) is 10.8 Å². The zero-order valence-electron chi connectivity index (χ0n) is 24.8. The molecule has 0 saturated carbocycles. The molecule has 0 fully saturated rings. The van der Waals surface area contributed by atoms with Crippen molar-refractivity contribution in [3.63, 3.8) is 0 Å². The number of hydrogen-bond donors (Lipinski definition) is 2. The number of anilines is 1. The van der Waals surface area contributed by atoms with Crippen LogP contribution >= 0.6 is 0 Å². The number of aryl methyl sites for hydroxylation is 1. The van der Waals surface area contributed by atoms with Crippen LogP contribution in [0, 0.1) is 12.8 Å². The number of nitrogens with zero attached hydrogens (tertiary/aromatic N) is 1. The maximum absolute atomic E-state index is 14.2. The summed E-state index contributed by atoms with van der Waals surface area (Å²) in [5, 5.41) is 7.91. The Morgan fingerprint density at radius 3 is 2.17 bits per heavy atom. The summed E-state index contributed by atoms with van der Waals surface area (Å²) in [7, 11) is 0. The first kappa shape index (κ1) is 30.7. The minimum atomic E-state index is -0.894. The van der Waals surface area contributed by atoms with E-state index in [4.69, 9.17) is 4.74 Å². The van der Waals surface area contributed by atoms with Gasteiger partial charge in [0.05, 0.1) is 0 Å². The normalized spacial score (nSPS) is 13.0. The van der Waals surface area contributed by atoms with Crippen LogP contribution in [0.3, 0.4) is 0 Å². The van der Waals surface area contributed by atoms with Crippen molar-refractivity contribution in [3.05, 3.63) is 77.9 Å². The van der Waals surface area contributed by atoms with E-state index in [9.17, 15) is 14.4 Å². The lowest BCUT2D eigenvalue weighted by Crippen LogP contribution is -2.53. The minimum Gasteiger partial charge on any atom is -0.444 e. The SMILES string of the molecule is CCCN(C(=O)C(CC(C)C)NC(=O)OC(C)(C)C)C(C(=O)Nc1ccc2ccccc2c1)c1ccc(C)cc1. The second-order valence-corrected chi connectivity index (χ2v) is 11.7. The van der Waals surface area contributed by atoms with E-state index < -0.39 is 23.8 Å². The highest BCUT2D eigenvalue weighted by molar-refractivity contribution is 6.00. The lowest BCUT2D eigenvalue weighted by Gasteiger charge is -2.35. The Labute approximate surface area is 238 Å². The zero-order chi connectivity index (χ0) is 29.4. The predicted molar refractivity (Wildman–Crippen MR) is 161 cm³/mol. The molecule has 0 heterocycles. The van der Waals surface area contributed by atoms with Crippen molar-refractivity contribution < 1.29 is 19.1 Å². The first-order valence-corrected chi connectivity index (χ1v) is 14.0. The number of ether oxygens (including phenoxy) is 1. The Bertz CT molecular complexity index is 1310. The molecule has 0 aliphatic heterocycles. The molecule has 0 aliphatic carbocycles. The average molecular weight is 546 g/mol. The fraction of sp³-hybridized carbons (Fsp3) is 0.424. The molecule has 0 aliphatic rings. The van der Waals surface area contributed by atoms with Crippen LogP contribution in [0.1, 0.15) is 71.6 Å². The Morgan fingerprint density at radius 1 is 0.925 bits per heavy atom. The summed E-state index contributed by atoms with van der Waals surface area (Å²) < 4.78 is 5.46. The van der Waals surface area contributed by atoms with Crippen molar-refractivity contribution in [2.24, 2.45) is 5.92 Å². The molecule has 0 radical (unpaired) electrons. The second kappa shape index (κ2) is 13.5. The molecule has 40 heavy (non-hydrogen) atoms. The lowest BCUT2D eigenvalue weighted by atomic mass is 9.98. The topological polar surface area (TPSA) is 87.7 Å². The predicted octanol–water partition coefficient (Wildman–Crippen LogP) is 7.01. The van der Waals surface area contributed by atoms with Crippen molar-refractivity contribution in [1.82, 2.24) is 10.2 Å². The maximum atomic E-state index is 14.2. The van der Waals surface area contributed by atoms with E-state index in [1.165, 1.54) is 0 Å². The summed E-state index contributed by atoms with van der Waals surface area (Å²) in [6, 6.07) is 19.6. The third-order valence-electron chi connectivity index (χ3n) is 6.41. The van der Waals surface area contributed by atoms with Crippen LogP contribution in [0.15, 0.2) is 66.7 Å². The Morgan fingerprint density at radius 2 is 1.57 bits per heavy atom.